The summed E-state index contributed by atoms with van der Waals surface area (Å²) in [5, 5.41) is 0. The minimum Gasteiger partial charge on any atom is -0.492 e. The Morgan fingerprint density at radius 3 is 1.08 bits per heavy atom. The van der Waals surface area contributed by atoms with Crippen LogP contribution in [-0.2, 0) is 79.8 Å². The molecular formula is C71H101F3N4O14. The minimum atomic E-state index is -0.865. The highest BCUT2D eigenvalue weighted by atomic mass is 19.1. The van der Waals surface area contributed by atoms with Crippen molar-refractivity contribution in [1.82, 2.24) is 19.6 Å². The van der Waals surface area contributed by atoms with Crippen molar-refractivity contribution in [2.45, 2.75) is 210 Å². The van der Waals surface area contributed by atoms with Crippen LogP contribution in [0.25, 0.3) is 0 Å². The fraction of sp³-hybridized carbons (Fsp3) is 0.648. The molecule has 0 aliphatic carbocycles. The Morgan fingerprint density at radius 2 is 0.728 bits per heavy atom. The first-order chi connectivity index (χ1) is 42.3. The summed E-state index contributed by atoms with van der Waals surface area (Å²) in [5.41, 5.74) is -2.95. The van der Waals surface area contributed by atoms with Crippen LogP contribution in [0.1, 0.15) is 172 Å². The molecule has 4 amide bonds. The molecule has 3 aliphatic heterocycles. The molecule has 0 unspecified atom stereocenters. The van der Waals surface area contributed by atoms with Crippen LogP contribution in [0, 0.1) is 53.0 Å². The van der Waals surface area contributed by atoms with Crippen molar-refractivity contribution < 1.29 is 79.9 Å². The number of rotatable bonds is 20. The van der Waals surface area contributed by atoms with E-state index in [0.717, 1.165) is 0 Å². The maximum absolute atomic E-state index is 16.1. The Kier molecular flexibility index (Phi) is 24.1. The van der Waals surface area contributed by atoms with Crippen LogP contribution in [0.15, 0.2) is 54.6 Å². The molecule has 3 fully saturated rings. The number of benzene rings is 3. The Balaban J connectivity index is 1.30. The molecule has 0 N–H and O–H groups in total. The molecule has 0 saturated carbocycles. The number of amides is 4. The third kappa shape index (κ3) is 24.1. The van der Waals surface area contributed by atoms with Crippen molar-refractivity contribution in [2.75, 3.05) is 52.4 Å². The first-order valence-electron chi connectivity index (χ1n) is 32.2. The molecule has 510 valence electrons. The van der Waals surface area contributed by atoms with Crippen LogP contribution < -0.4 is 4.74 Å². The first kappa shape index (κ1) is 74.0. The van der Waals surface area contributed by atoms with Gasteiger partial charge in [-0.25, -0.2) is 27.6 Å². The highest BCUT2D eigenvalue weighted by Gasteiger charge is 2.43. The summed E-state index contributed by atoms with van der Waals surface area (Å²) in [5.74, 6) is -7.45. The number of esters is 3. The molecule has 6 atom stereocenters. The topological polar surface area (TPSA) is 197 Å². The summed E-state index contributed by atoms with van der Waals surface area (Å²) in [6.45, 7) is 32.7. The van der Waals surface area contributed by atoms with E-state index in [9.17, 15) is 33.6 Å². The van der Waals surface area contributed by atoms with Gasteiger partial charge in [-0.05, 0) is 245 Å². The van der Waals surface area contributed by atoms with Gasteiger partial charge in [-0.3, -0.25) is 19.2 Å². The predicted octanol–water partition coefficient (Wildman–Crippen LogP) is 13.0. The zero-order chi connectivity index (χ0) is 68.6. The number of carbonyl (C=O) groups excluding carboxylic acids is 7. The SMILES string of the molecule is CC(C)(C)OC(=O)[C@@H](Cc1cc(F)cc(CC(=O)N(CCOc2cc(F)cc(C[C@H](C(=O)OC(C)(C)C)[C@H]3CCN(C(=O)OC(C)(C)C)C3)c2)Cc2cc(F)cc(C[C@H](C(=O)OC(C)(C)C)[C@H]3CCN(C(=O)OC(C)(C)C)C3)c2)c1)[C@H]1CCN(C(=O)OC(C)(C)C)C1. The molecule has 0 radical (unpaired) electrons. The molecule has 3 heterocycles. The van der Waals surface area contributed by atoms with Crippen molar-refractivity contribution in [3.8, 4) is 5.75 Å². The van der Waals surface area contributed by atoms with Crippen LogP contribution in [-0.4, -0.2) is 148 Å². The largest absolute Gasteiger partial charge is 0.492 e. The van der Waals surface area contributed by atoms with Gasteiger partial charge in [0, 0.05) is 51.9 Å². The lowest BCUT2D eigenvalue weighted by atomic mass is 9.85. The summed E-state index contributed by atoms with van der Waals surface area (Å²) in [7, 11) is 0. The Morgan fingerprint density at radius 1 is 0.424 bits per heavy atom. The Hall–Kier alpha value is -7.06. The van der Waals surface area contributed by atoms with Gasteiger partial charge in [0.25, 0.3) is 0 Å². The maximum Gasteiger partial charge on any atom is 0.410 e. The maximum atomic E-state index is 16.1. The molecule has 21 heteroatoms. The van der Waals surface area contributed by atoms with Gasteiger partial charge in [-0.2, -0.15) is 0 Å². The minimum absolute atomic E-state index is 0.0216. The second kappa shape index (κ2) is 29.9. The van der Waals surface area contributed by atoms with Gasteiger partial charge in [0.15, 0.2) is 0 Å². The lowest BCUT2D eigenvalue weighted by molar-refractivity contribution is -0.163. The van der Waals surface area contributed by atoms with Crippen molar-refractivity contribution in [2.24, 2.45) is 35.5 Å². The van der Waals surface area contributed by atoms with Gasteiger partial charge in [-0.1, -0.05) is 12.1 Å². The molecule has 18 nitrogen and oxygen atoms in total. The van der Waals surface area contributed by atoms with Gasteiger partial charge < -0.3 is 52.8 Å². The fourth-order valence-electron chi connectivity index (χ4n) is 11.8. The lowest BCUT2D eigenvalue weighted by Crippen LogP contribution is -2.38. The molecule has 0 aromatic heterocycles. The molecular weight excluding hydrogens is 1190 g/mol. The zero-order valence-corrected chi connectivity index (χ0v) is 57.6. The summed E-state index contributed by atoms with van der Waals surface area (Å²) in [4.78, 5) is 103. The average molecular weight is 1290 g/mol. The third-order valence-electron chi connectivity index (χ3n) is 15.5. The van der Waals surface area contributed by atoms with Crippen LogP contribution >= 0.6 is 0 Å². The van der Waals surface area contributed by atoms with Crippen molar-refractivity contribution in [3.05, 3.63) is 99.9 Å². The summed E-state index contributed by atoms with van der Waals surface area (Å²) < 4.78 is 88.7. The fourth-order valence-corrected chi connectivity index (χ4v) is 11.8. The molecule has 6 rings (SSSR count). The summed E-state index contributed by atoms with van der Waals surface area (Å²) in [6.07, 6.45) is -0.423. The van der Waals surface area contributed by atoms with Crippen LogP contribution in [0.2, 0.25) is 0 Å². The first-order valence-corrected chi connectivity index (χ1v) is 32.2. The number of ether oxygens (including phenoxy) is 7. The quantitative estimate of drug-likeness (QED) is 0.0765. The molecule has 0 bridgehead atoms. The second-order valence-corrected chi connectivity index (χ2v) is 31.0. The molecule has 3 aromatic carbocycles. The van der Waals surface area contributed by atoms with E-state index >= 15 is 13.2 Å². The molecule has 3 aromatic rings. The number of halogens is 3. The van der Waals surface area contributed by atoms with Crippen molar-refractivity contribution >= 4 is 42.1 Å². The number of hydrogen-bond donors (Lipinski definition) is 0. The Bertz CT molecular complexity index is 3110. The van der Waals surface area contributed by atoms with E-state index in [1.807, 2.05) is 0 Å². The van der Waals surface area contributed by atoms with Gasteiger partial charge in [0.2, 0.25) is 5.91 Å². The van der Waals surface area contributed by atoms with Gasteiger partial charge in [0.1, 0.15) is 63.4 Å². The lowest BCUT2D eigenvalue weighted by Gasteiger charge is -2.28. The number of carbonyl (C=O) groups is 7. The number of likely N-dealkylation sites (tertiary alicyclic amines) is 3. The predicted molar refractivity (Wildman–Crippen MR) is 341 cm³/mol. The number of nitrogens with zero attached hydrogens (tertiary/aromatic N) is 4. The summed E-state index contributed by atoms with van der Waals surface area (Å²) in [6, 6.07) is 12.5. The molecule has 3 aliphatic rings. The molecule has 3 saturated heterocycles. The normalized spacial score (nSPS) is 18.4. The molecule has 0 spiro atoms. The van der Waals surface area contributed by atoms with Crippen LogP contribution in [0.5, 0.6) is 5.75 Å². The smallest absolute Gasteiger partial charge is 0.410 e. The van der Waals surface area contributed by atoms with E-state index in [1.54, 1.807) is 158 Å². The monoisotopic (exact) mass is 1290 g/mol. The zero-order valence-electron chi connectivity index (χ0n) is 57.6. The van der Waals surface area contributed by atoms with E-state index in [4.69, 9.17) is 33.2 Å². The van der Waals surface area contributed by atoms with Gasteiger partial charge in [-0.15, -0.1) is 0 Å². The highest BCUT2D eigenvalue weighted by Crippen LogP contribution is 2.36. The third-order valence-corrected chi connectivity index (χ3v) is 15.5. The van der Waals surface area contributed by atoms with Gasteiger partial charge in [0.05, 0.1) is 30.7 Å². The van der Waals surface area contributed by atoms with E-state index in [1.165, 1.54) is 41.3 Å². The van der Waals surface area contributed by atoms with Crippen LogP contribution in [0.3, 0.4) is 0 Å². The average Bonchev–Trinajstić information content (AvgIpc) is 1.56. The van der Waals surface area contributed by atoms with E-state index < -0.39 is 111 Å². The van der Waals surface area contributed by atoms with Crippen molar-refractivity contribution in [3.63, 3.8) is 0 Å². The second-order valence-electron chi connectivity index (χ2n) is 31.0. The van der Waals surface area contributed by atoms with E-state index in [2.05, 4.69) is 0 Å². The highest BCUT2D eigenvalue weighted by molar-refractivity contribution is 5.79. The van der Waals surface area contributed by atoms with Gasteiger partial charge >= 0.3 is 36.2 Å². The number of hydrogen-bond acceptors (Lipinski definition) is 14. The van der Waals surface area contributed by atoms with Crippen LogP contribution in [0.4, 0.5) is 27.6 Å². The van der Waals surface area contributed by atoms with E-state index in [-0.39, 0.29) is 94.1 Å². The van der Waals surface area contributed by atoms with Crippen molar-refractivity contribution in [1.29, 1.82) is 0 Å². The summed E-state index contributed by atoms with van der Waals surface area (Å²) >= 11 is 0. The Labute approximate surface area is 542 Å². The molecule has 92 heavy (non-hydrogen) atoms. The van der Waals surface area contributed by atoms with E-state index in [0.29, 0.717) is 61.2 Å². The standard InChI is InChI=1S/C71H101F3N4O14/c1-66(2,3)87-60(80)56(49-19-22-76(41-49)63(83)90-69(10,11)12)35-44-27-46(31-52(72)29-44)38-59(79)75(40-48-28-45(30-53(73)33-48)36-57(61(81)88-67(4,5)6)50-20-23-77(42-50)64(84)91-70(13,14)15)25-26-86-55-34-47(32-54(74)39-55)37-58(62(82)89-68(7,8)9)51-21-24-78(43-51)65(85)92-71(16,17)18/h27-34,39,49-51,56-58H,19-26,35-38,40-43H2,1-18H3/t49-,50-,51-,56-,57-,58-/m0/s1.